The van der Waals surface area contributed by atoms with E-state index >= 15 is 0 Å². The van der Waals surface area contributed by atoms with Crippen molar-refractivity contribution in [3.05, 3.63) is 88.6 Å². The molecule has 40 heavy (non-hydrogen) atoms. The van der Waals surface area contributed by atoms with E-state index in [1.165, 1.54) is 5.56 Å². The molecule has 0 amide bonds. The van der Waals surface area contributed by atoms with Gasteiger partial charge in [-0.05, 0) is 99.3 Å². The third-order valence-electron chi connectivity index (χ3n) is 7.32. The summed E-state index contributed by atoms with van der Waals surface area (Å²) in [5.41, 5.74) is 7.81. The summed E-state index contributed by atoms with van der Waals surface area (Å²) in [6.07, 6.45) is 1.93. The summed E-state index contributed by atoms with van der Waals surface area (Å²) in [5, 5.41) is 2.63. The highest BCUT2D eigenvalue weighted by Crippen LogP contribution is 2.45. The summed E-state index contributed by atoms with van der Waals surface area (Å²) in [4.78, 5) is 23.1. The van der Waals surface area contributed by atoms with Gasteiger partial charge in [0.25, 0.3) is 0 Å². The lowest BCUT2D eigenvalue weighted by molar-refractivity contribution is -0.138. The quantitative estimate of drug-likeness (QED) is 0.220. The Morgan fingerprint density at radius 2 is 1.82 bits per heavy atom. The van der Waals surface area contributed by atoms with Gasteiger partial charge in [0.2, 0.25) is 0 Å². The predicted molar refractivity (Wildman–Crippen MR) is 161 cm³/mol. The second-order valence-electron chi connectivity index (χ2n) is 11.4. The number of ketones is 1. The number of Topliss-reactive ketones (excluding diaryl/α,β-unsaturated/α-hetero) is 1. The van der Waals surface area contributed by atoms with Crippen LogP contribution in [0.5, 0.6) is 5.75 Å². The summed E-state index contributed by atoms with van der Waals surface area (Å²) in [5.74, 6) is 0.784. The van der Waals surface area contributed by atoms with Crippen molar-refractivity contribution in [2.45, 2.75) is 52.7 Å². The molecule has 0 unspecified atom stereocenters. The molecule has 1 aliphatic rings. The molecule has 1 atom stereocenters. The fraction of sp³-hybridized carbons (Fsp3) is 0.265. The lowest BCUT2D eigenvalue weighted by atomic mass is 9.85. The summed E-state index contributed by atoms with van der Waals surface area (Å²) in [7, 11) is 0. The number of nitrogens with zero attached hydrogens (tertiary/aromatic N) is 2. The van der Waals surface area contributed by atoms with Gasteiger partial charge in [0.1, 0.15) is 11.9 Å². The summed E-state index contributed by atoms with van der Waals surface area (Å²) in [6, 6.07) is 20.0. The molecule has 6 rings (SSSR count). The zero-order valence-electron chi connectivity index (χ0n) is 23.3. The van der Waals surface area contributed by atoms with Crippen LogP contribution in [-0.4, -0.2) is 28.0 Å². The summed E-state index contributed by atoms with van der Waals surface area (Å²) < 4.78 is 12.5. The van der Waals surface area contributed by atoms with E-state index in [1.54, 1.807) is 6.92 Å². The monoisotopic (exact) mass is 550 g/mol. The number of aryl methyl sites for hydroxylation is 1. The minimum Gasteiger partial charge on any atom is -0.493 e. The van der Waals surface area contributed by atoms with Gasteiger partial charge in [0.05, 0.1) is 28.9 Å². The first-order valence-corrected chi connectivity index (χ1v) is 13.9. The van der Waals surface area contributed by atoms with E-state index in [-0.39, 0.29) is 5.78 Å². The highest BCUT2D eigenvalue weighted by molar-refractivity contribution is 6.30. The molecule has 3 heterocycles. The van der Waals surface area contributed by atoms with Crippen LogP contribution in [0.15, 0.2) is 66.9 Å². The molecule has 202 valence electrons. The second kappa shape index (κ2) is 9.99. The number of carbonyl (C=O) groups is 1. The fourth-order valence-electron chi connectivity index (χ4n) is 5.63. The number of halogens is 1. The highest BCUT2D eigenvalue weighted by atomic mass is 35.5. The van der Waals surface area contributed by atoms with Crippen LogP contribution in [0.4, 0.5) is 0 Å². The smallest absolute Gasteiger partial charge is 0.163 e. The molecule has 0 bridgehead atoms. The Bertz CT molecular complexity index is 1780. The van der Waals surface area contributed by atoms with Crippen molar-refractivity contribution in [2.75, 3.05) is 6.61 Å². The third-order valence-corrected chi connectivity index (χ3v) is 7.57. The van der Waals surface area contributed by atoms with Crippen LogP contribution in [-0.2, 0) is 16.0 Å². The van der Waals surface area contributed by atoms with Crippen molar-refractivity contribution < 1.29 is 14.3 Å². The molecule has 3 aromatic carbocycles. The van der Waals surface area contributed by atoms with Gasteiger partial charge in [-0.3, -0.25) is 9.78 Å². The van der Waals surface area contributed by atoms with Crippen LogP contribution in [0.25, 0.3) is 44.2 Å². The number of fused-ring (bicyclic) bond motifs is 1. The van der Waals surface area contributed by atoms with E-state index in [0.29, 0.717) is 11.6 Å². The molecule has 0 spiro atoms. The van der Waals surface area contributed by atoms with Crippen LogP contribution in [0.2, 0.25) is 5.02 Å². The number of benzene rings is 3. The zero-order chi connectivity index (χ0) is 28.2. The summed E-state index contributed by atoms with van der Waals surface area (Å²) in [6.45, 7) is 10.2. The zero-order valence-corrected chi connectivity index (χ0v) is 24.1. The number of hydrogen-bond acceptors (Lipinski definition) is 5. The van der Waals surface area contributed by atoms with E-state index in [1.807, 2.05) is 70.3 Å². The Labute approximate surface area is 239 Å². The third kappa shape index (κ3) is 4.74. The van der Waals surface area contributed by atoms with E-state index in [0.717, 1.165) is 67.5 Å². The lowest BCUT2D eigenvalue weighted by Crippen LogP contribution is -2.27. The van der Waals surface area contributed by atoms with Gasteiger partial charge in [-0.15, -0.1) is 0 Å². The van der Waals surface area contributed by atoms with Crippen molar-refractivity contribution in [3.8, 4) is 28.1 Å². The van der Waals surface area contributed by atoms with Gasteiger partial charge in [0, 0.05) is 39.5 Å². The standard InChI is InChI=1S/C34H31ClN2O3/c1-19-18-27-24(10-12-26(37-27)21-6-8-23(35)9-7-21)31(29(19)33(20(2)38)40-34(3,4)5)25-11-13-28-30-22(15-17-39-28)14-16-36-32(25)30/h6-14,16,18,33H,15,17H2,1-5H3/t33-/m1/s1. The Balaban J connectivity index is 1.69. The van der Waals surface area contributed by atoms with Gasteiger partial charge in [-0.25, -0.2) is 4.98 Å². The van der Waals surface area contributed by atoms with Gasteiger partial charge in [0.15, 0.2) is 5.78 Å². The second-order valence-corrected chi connectivity index (χ2v) is 11.8. The molecular formula is C34H31ClN2O3. The largest absolute Gasteiger partial charge is 0.493 e. The first-order valence-electron chi connectivity index (χ1n) is 13.5. The van der Waals surface area contributed by atoms with Gasteiger partial charge in [-0.2, -0.15) is 0 Å². The SMILES string of the molecule is CC(=O)[C@@H](OC(C)(C)C)c1c(C)cc2nc(-c3ccc(Cl)cc3)ccc2c1-c1ccc2c3c(ccnc13)CCO2. The molecule has 0 aliphatic carbocycles. The molecule has 6 heteroatoms. The average Bonchev–Trinajstić information content (AvgIpc) is 2.91. The number of ether oxygens (including phenoxy) is 2. The topological polar surface area (TPSA) is 61.3 Å². The van der Waals surface area contributed by atoms with E-state index < -0.39 is 11.7 Å². The number of hydrogen-bond donors (Lipinski definition) is 0. The molecular weight excluding hydrogens is 520 g/mol. The Morgan fingerprint density at radius 1 is 1.05 bits per heavy atom. The predicted octanol–water partition coefficient (Wildman–Crippen LogP) is 8.46. The normalized spacial score (nSPS) is 13.8. The maximum Gasteiger partial charge on any atom is 0.163 e. The summed E-state index contributed by atoms with van der Waals surface area (Å²) >= 11 is 6.13. The molecule has 0 N–H and O–H groups in total. The molecule has 0 radical (unpaired) electrons. The molecule has 2 aromatic heterocycles. The van der Waals surface area contributed by atoms with Gasteiger partial charge in [-0.1, -0.05) is 29.8 Å². The Hall–Kier alpha value is -3.80. The molecule has 0 saturated heterocycles. The van der Waals surface area contributed by atoms with Crippen molar-refractivity contribution in [3.63, 3.8) is 0 Å². The van der Waals surface area contributed by atoms with Crippen LogP contribution in [0, 0.1) is 6.92 Å². The molecule has 5 aromatic rings. The van der Waals surface area contributed by atoms with Crippen LogP contribution in [0.3, 0.4) is 0 Å². The maximum absolute atomic E-state index is 13.2. The first kappa shape index (κ1) is 26.4. The molecule has 0 fully saturated rings. The number of pyridine rings is 2. The highest BCUT2D eigenvalue weighted by Gasteiger charge is 2.31. The van der Waals surface area contributed by atoms with Crippen LogP contribution >= 0.6 is 11.6 Å². The van der Waals surface area contributed by atoms with E-state index in [2.05, 4.69) is 24.3 Å². The molecule has 5 nitrogen and oxygen atoms in total. The fourth-order valence-corrected chi connectivity index (χ4v) is 5.76. The molecule has 1 aliphatic heterocycles. The van der Waals surface area contributed by atoms with Gasteiger partial charge < -0.3 is 9.47 Å². The Morgan fingerprint density at radius 3 is 2.55 bits per heavy atom. The van der Waals surface area contributed by atoms with Gasteiger partial charge >= 0.3 is 0 Å². The van der Waals surface area contributed by atoms with E-state index in [9.17, 15) is 4.79 Å². The van der Waals surface area contributed by atoms with E-state index in [4.69, 9.17) is 31.0 Å². The number of rotatable bonds is 5. The Kier molecular flexibility index (Phi) is 6.60. The molecule has 0 saturated carbocycles. The van der Waals surface area contributed by atoms with Crippen molar-refractivity contribution in [2.24, 2.45) is 0 Å². The number of aromatic nitrogens is 2. The first-order chi connectivity index (χ1) is 19.1. The van der Waals surface area contributed by atoms with Crippen molar-refractivity contribution in [1.82, 2.24) is 9.97 Å². The minimum atomic E-state index is -0.752. The maximum atomic E-state index is 13.2. The average molecular weight is 551 g/mol. The number of carbonyl (C=O) groups excluding carboxylic acids is 1. The van der Waals surface area contributed by atoms with Crippen molar-refractivity contribution >= 4 is 39.2 Å². The van der Waals surface area contributed by atoms with Crippen molar-refractivity contribution in [1.29, 1.82) is 0 Å². The lowest BCUT2D eigenvalue weighted by Gasteiger charge is -2.30. The van der Waals surface area contributed by atoms with Crippen LogP contribution in [0.1, 0.15) is 50.5 Å². The van der Waals surface area contributed by atoms with Crippen LogP contribution < -0.4 is 4.74 Å². The minimum absolute atomic E-state index is 0.0524.